The molecule has 0 atom stereocenters. The Morgan fingerprint density at radius 2 is 1.78 bits per heavy atom. The molecule has 2 rings (SSSR count). The van der Waals surface area contributed by atoms with Crippen LogP contribution in [0.4, 0.5) is 0 Å². The van der Waals surface area contributed by atoms with E-state index in [0.29, 0.717) is 44.6 Å². The summed E-state index contributed by atoms with van der Waals surface area (Å²) in [7, 11) is -3.61. The minimum atomic E-state index is -3.61. The van der Waals surface area contributed by atoms with E-state index in [-0.39, 0.29) is 10.8 Å². The second-order valence-electron chi connectivity index (χ2n) is 7.33. The molecule has 1 amide bonds. The van der Waals surface area contributed by atoms with Crippen LogP contribution in [0.3, 0.4) is 0 Å². The van der Waals surface area contributed by atoms with Gasteiger partial charge in [-0.15, -0.1) is 0 Å². The quantitative estimate of drug-likeness (QED) is 0.769. The highest BCUT2D eigenvalue weighted by Crippen LogP contribution is 2.28. The van der Waals surface area contributed by atoms with E-state index in [1.807, 2.05) is 13.8 Å². The molecule has 0 aliphatic carbocycles. The summed E-state index contributed by atoms with van der Waals surface area (Å²) in [5, 5.41) is 10.5. The number of carbonyl (C=O) groups is 1. The Kier molecular flexibility index (Phi) is 7.05. The maximum absolute atomic E-state index is 13.0. The molecule has 1 aromatic carbocycles. The van der Waals surface area contributed by atoms with E-state index < -0.39 is 15.6 Å². The third-order valence-corrected chi connectivity index (χ3v) is 7.53. The van der Waals surface area contributed by atoms with Crippen LogP contribution in [0, 0.1) is 6.92 Å². The lowest BCUT2D eigenvalue weighted by Gasteiger charge is -2.38. The van der Waals surface area contributed by atoms with E-state index in [2.05, 4.69) is 0 Å². The topological polar surface area (TPSA) is 77.9 Å². The summed E-state index contributed by atoms with van der Waals surface area (Å²) in [6.07, 6.45) is 2.77. The van der Waals surface area contributed by atoms with Gasteiger partial charge >= 0.3 is 0 Å². The Bertz CT molecular complexity index is 764. The van der Waals surface area contributed by atoms with Gasteiger partial charge in [-0.2, -0.15) is 4.31 Å². The zero-order valence-corrected chi connectivity index (χ0v) is 17.7. The Balaban J connectivity index is 2.25. The van der Waals surface area contributed by atoms with Crippen LogP contribution in [0.5, 0.6) is 0 Å². The van der Waals surface area contributed by atoms with Crippen molar-refractivity contribution in [2.45, 2.75) is 63.9 Å². The predicted octanol–water partition coefficient (Wildman–Crippen LogP) is 2.79. The van der Waals surface area contributed by atoms with Gasteiger partial charge < -0.3 is 10.0 Å². The molecule has 0 bridgehead atoms. The summed E-state index contributed by atoms with van der Waals surface area (Å²) < 4.78 is 27.0. The molecule has 7 heteroatoms. The van der Waals surface area contributed by atoms with Crippen LogP contribution in [-0.2, 0) is 10.0 Å². The number of rotatable bonds is 7. The van der Waals surface area contributed by atoms with E-state index in [4.69, 9.17) is 0 Å². The third kappa shape index (κ3) is 4.70. The smallest absolute Gasteiger partial charge is 0.254 e. The van der Waals surface area contributed by atoms with Crippen LogP contribution in [0.1, 0.15) is 62.4 Å². The van der Waals surface area contributed by atoms with Crippen molar-refractivity contribution in [2.24, 2.45) is 0 Å². The van der Waals surface area contributed by atoms with Crippen LogP contribution >= 0.6 is 0 Å². The average molecular weight is 397 g/mol. The molecule has 1 fully saturated rings. The summed E-state index contributed by atoms with van der Waals surface area (Å²) in [6, 6.07) is 4.76. The van der Waals surface area contributed by atoms with Gasteiger partial charge in [0.05, 0.1) is 10.5 Å². The highest BCUT2D eigenvalue weighted by molar-refractivity contribution is 7.89. The Morgan fingerprint density at radius 1 is 1.19 bits per heavy atom. The lowest BCUT2D eigenvalue weighted by molar-refractivity contribution is -0.0233. The molecule has 6 nitrogen and oxygen atoms in total. The zero-order valence-electron chi connectivity index (χ0n) is 16.9. The standard InChI is InChI=1S/C20H32N2O4S/c1-5-10-20(24)11-13-21(14-12-20)19(23)18-15-17(9-8-16(18)4)27(25,26)22(6-2)7-3/h8-9,15,24H,5-7,10-14H2,1-4H3. The molecule has 1 heterocycles. The fraction of sp³-hybridized carbons (Fsp3) is 0.650. The molecule has 1 saturated heterocycles. The normalized spacial score (nSPS) is 17.3. The second-order valence-corrected chi connectivity index (χ2v) is 9.27. The van der Waals surface area contributed by atoms with Gasteiger partial charge in [0.15, 0.2) is 0 Å². The van der Waals surface area contributed by atoms with E-state index in [1.54, 1.807) is 30.9 Å². The molecule has 152 valence electrons. The number of sulfonamides is 1. The van der Waals surface area contributed by atoms with Crippen molar-refractivity contribution in [3.05, 3.63) is 29.3 Å². The molecule has 27 heavy (non-hydrogen) atoms. The zero-order chi connectivity index (χ0) is 20.2. The largest absolute Gasteiger partial charge is 0.390 e. The van der Waals surface area contributed by atoms with Crippen molar-refractivity contribution < 1.29 is 18.3 Å². The molecule has 0 radical (unpaired) electrons. The third-order valence-electron chi connectivity index (χ3n) is 5.48. The number of aliphatic hydroxyl groups is 1. The van der Waals surface area contributed by atoms with Gasteiger partial charge in [-0.3, -0.25) is 4.79 Å². The fourth-order valence-corrected chi connectivity index (χ4v) is 5.20. The van der Waals surface area contributed by atoms with E-state index in [9.17, 15) is 18.3 Å². The van der Waals surface area contributed by atoms with Crippen molar-refractivity contribution in [1.82, 2.24) is 9.21 Å². The lowest BCUT2D eigenvalue weighted by atomic mass is 9.87. The minimum absolute atomic E-state index is 0.152. The number of hydrogen-bond donors (Lipinski definition) is 1. The van der Waals surface area contributed by atoms with E-state index in [0.717, 1.165) is 18.4 Å². The summed E-state index contributed by atoms with van der Waals surface area (Å²) in [5.74, 6) is -0.164. The van der Waals surface area contributed by atoms with Crippen LogP contribution < -0.4 is 0 Å². The first-order chi connectivity index (χ1) is 12.7. The number of amides is 1. The number of carbonyl (C=O) groups excluding carboxylic acids is 1. The van der Waals surface area contributed by atoms with Crippen molar-refractivity contribution in [3.8, 4) is 0 Å². The molecule has 0 saturated carbocycles. The number of hydrogen-bond acceptors (Lipinski definition) is 4. The highest BCUT2D eigenvalue weighted by Gasteiger charge is 2.34. The first-order valence-electron chi connectivity index (χ1n) is 9.81. The average Bonchev–Trinajstić information content (AvgIpc) is 2.63. The van der Waals surface area contributed by atoms with Crippen LogP contribution in [0.25, 0.3) is 0 Å². The Hall–Kier alpha value is -1.44. The molecule has 1 aliphatic heterocycles. The first kappa shape index (κ1) is 21.9. The number of nitrogens with zero attached hydrogens (tertiary/aromatic N) is 2. The number of piperidine rings is 1. The molecular weight excluding hydrogens is 364 g/mol. The van der Waals surface area contributed by atoms with Gasteiger partial charge in [0, 0.05) is 31.7 Å². The first-order valence-corrected chi connectivity index (χ1v) is 11.2. The number of aryl methyl sites for hydroxylation is 1. The second kappa shape index (κ2) is 8.71. The summed E-state index contributed by atoms with van der Waals surface area (Å²) >= 11 is 0. The number of benzene rings is 1. The summed E-state index contributed by atoms with van der Waals surface area (Å²) in [6.45, 7) is 9.21. The highest BCUT2D eigenvalue weighted by atomic mass is 32.2. The van der Waals surface area contributed by atoms with E-state index >= 15 is 0 Å². The maximum Gasteiger partial charge on any atom is 0.254 e. The van der Waals surface area contributed by atoms with Crippen molar-refractivity contribution >= 4 is 15.9 Å². The molecule has 0 aromatic heterocycles. The Labute approximate surface area is 163 Å². The molecule has 1 aliphatic rings. The van der Waals surface area contributed by atoms with Gasteiger partial charge in [-0.25, -0.2) is 8.42 Å². The molecular formula is C20H32N2O4S. The van der Waals surface area contributed by atoms with Crippen molar-refractivity contribution in [3.63, 3.8) is 0 Å². The molecule has 0 unspecified atom stereocenters. The maximum atomic E-state index is 13.0. The van der Waals surface area contributed by atoms with Crippen LogP contribution in [0.2, 0.25) is 0 Å². The lowest BCUT2D eigenvalue weighted by Crippen LogP contribution is -2.46. The van der Waals surface area contributed by atoms with Crippen molar-refractivity contribution in [2.75, 3.05) is 26.2 Å². The predicted molar refractivity (Wildman–Crippen MR) is 106 cm³/mol. The van der Waals surface area contributed by atoms with Gasteiger partial charge in [-0.05, 0) is 43.9 Å². The monoisotopic (exact) mass is 396 g/mol. The van der Waals surface area contributed by atoms with E-state index in [1.165, 1.54) is 10.4 Å². The molecule has 1 N–H and O–H groups in total. The summed E-state index contributed by atoms with van der Waals surface area (Å²) in [4.78, 5) is 14.9. The van der Waals surface area contributed by atoms with Gasteiger partial charge in [0.1, 0.15) is 0 Å². The van der Waals surface area contributed by atoms with Gasteiger partial charge in [-0.1, -0.05) is 33.3 Å². The van der Waals surface area contributed by atoms with Gasteiger partial charge in [0.25, 0.3) is 5.91 Å². The van der Waals surface area contributed by atoms with Crippen molar-refractivity contribution in [1.29, 1.82) is 0 Å². The number of likely N-dealkylation sites (tertiary alicyclic amines) is 1. The fourth-order valence-electron chi connectivity index (χ4n) is 3.72. The summed E-state index contributed by atoms with van der Waals surface area (Å²) in [5.41, 5.74) is 0.492. The van der Waals surface area contributed by atoms with Gasteiger partial charge in [0.2, 0.25) is 10.0 Å². The molecule has 1 aromatic rings. The Morgan fingerprint density at radius 3 is 2.30 bits per heavy atom. The minimum Gasteiger partial charge on any atom is -0.390 e. The van der Waals surface area contributed by atoms with Crippen LogP contribution in [0.15, 0.2) is 23.1 Å². The molecule has 0 spiro atoms. The van der Waals surface area contributed by atoms with Crippen LogP contribution in [-0.4, -0.2) is 60.4 Å². The SMILES string of the molecule is CCCC1(O)CCN(C(=O)c2cc(S(=O)(=O)N(CC)CC)ccc2C)CC1.